The van der Waals surface area contributed by atoms with Gasteiger partial charge >= 0.3 is 5.69 Å². The summed E-state index contributed by atoms with van der Waals surface area (Å²) in [5.41, 5.74) is 4.09. The van der Waals surface area contributed by atoms with Gasteiger partial charge in [-0.05, 0) is 24.1 Å². The first kappa shape index (κ1) is 14.7. The van der Waals surface area contributed by atoms with Crippen LogP contribution in [-0.2, 0) is 13.0 Å². The molecule has 0 unspecified atom stereocenters. The van der Waals surface area contributed by atoms with Crippen molar-refractivity contribution in [3.05, 3.63) is 57.8 Å². The summed E-state index contributed by atoms with van der Waals surface area (Å²) >= 11 is 0. The number of hydrogen-bond acceptors (Lipinski definition) is 6. The minimum absolute atomic E-state index is 0.0254. The van der Waals surface area contributed by atoms with E-state index in [1.807, 2.05) is 13.0 Å². The fourth-order valence-corrected chi connectivity index (χ4v) is 1.80. The Balaban J connectivity index is 2.13. The summed E-state index contributed by atoms with van der Waals surface area (Å²) in [6, 6.07) is 8.47. The summed E-state index contributed by atoms with van der Waals surface area (Å²) in [5, 5.41) is 11.1. The second kappa shape index (κ2) is 6.67. The Hall–Kier alpha value is -2.67. The van der Waals surface area contributed by atoms with Crippen LogP contribution in [0.25, 0.3) is 0 Å². The highest BCUT2D eigenvalue weighted by Crippen LogP contribution is 2.28. The predicted octanol–water partition coefficient (Wildman–Crippen LogP) is 2.42. The molecule has 0 aliphatic carbocycles. The van der Waals surface area contributed by atoms with E-state index in [4.69, 9.17) is 10.6 Å². The Kier molecular flexibility index (Phi) is 4.68. The van der Waals surface area contributed by atoms with Crippen LogP contribution in [0.1, 0.15) is 18.1 Å². The molecule has 0 amide bonds. The molecule has 1 aromatic carbocycles. The lowest BCUT2D eigenvalue weighted by atomic mass is 10.1. The number of hydrazine groups is 1. The van der Waals surface area contributed by atoms with Crippen molar-refractivity contribution in [2.24, 2.45) is 5.84 Å². The zero-order valence-electron chi connectivity index (χ0n) is 11.6. The molecule has 3 N–H and O–H groups in total. The third-order valence-electron chi connectivity index (χ3n) is 3.00. The van der Waals surface area contributed by atoms with E-state index in [1.165, 1.54) is 6.07 Å². The molecule has 0 radical (unpaired) electrons. The van der Waals surface area contributed by atoms with Gasteiger partial charge in [0.25, 0.3) is 0 Å². The predicted molar refractivity (Wildman–Crippen MR) is 78.9 cm³/mol. The summed E-state index contributed by atoms with van der Waals surface area (Å²) < 4.78 is 5.52. The average Bonchev–Trinajstić information content (AvgIpc) is 2.53. The maximum Gasteiger partial charge on any atom is 0.311 e. The molecule has 7 nitrogen and oxygen atoms in total. The molecule has 21 heavy (non-hydrogen) atoms. The van der Waals surface area contributed by atoms with Crippen molar-refractivity contribution in [3.63, 3.8) is 0 Å². The molecule has 0 bridgehead atoms. The summed E-state index contributed by atoms with van der Waals surface area (Å²) in [7, 11) is 0. The Morgan fingerprint density at radius 2 is 2.10 bits per heavy atom. The molecule has 1 aromatic heterocycles. The minimum Gasteiger partial charge on any atom is -0.482 e. The second-order valence-corrected chi connectivity index (χ2v) is 4.40. The van der Waals surface area contributed by atoms with Crippen molar-refractivity contribution >= 4 is 11.5 Å². The zero-order chi connectivity index (χ0) is 15.2. The molecular weight excluding hydrogens is 272 g/mol. The van der Waals surface area contributed by atoms with Gasteiger partial charge in [0.1, 0.15) is 12.4 Å². The van der Waals surface area contributed by atoms with Crippen LogP contribution in [0.15, 0.2) is 36.5 Å². The van der Waals surface area contributed by atoms with Crippen LogP contribution < -0.4 is 16.0 Å². The van der Waals surface area contributed by atoms with Gasteiger partial charge in [-0.25, -0.2) is 10.8 Å². The first-order chi connectivity index (χ1) is 10.1. The van der Waals surface area contributed by atoms with Crippen molar-refractivity contribution in [2.75, 3.05) is 5.43 Å². The maximum absolute atomic E-state index is 11.1. The molecular formula is C14H16N4O3. The second-order valence-electron chi connectivity index (χ2n) is 4.40. The Morgan fingerprint density at radius 1 is 1.33 bits per heavy atom. The van der Waals surface area contributed by atoms with Crippen LogP contribution in [0.3, 0.4) is 0 Å². The van der Waals surface area contributed by atoms with E-state index in [0.29, 0.717) is 5.82 Å². The fourth-order valence-electron chi connectivity index (χ4n) is 1.80. The van der Waals surface area contributed by atoms with Crippen molar-refractivity contribution in [1.29, 1.82) is 0 Å². The quantitative estimate of drug-likeness (QED) is 0.480. The van der Waals surface area contributed by atoms with Crippen molar-refractivity contribution < 1.29 is 9.66 Å². The lowest BCUT2D eigenvalue weighted by molar-refractivity contribution is -0.386. The highest BCUT2D eigenvalue weighted by atomic mass is 16.6. The lowest BCUT2D eigenvalue weighted by Gasteiger charge is -2.08. The molecule has 0 aliphatic heterocycles. The number of aromatic nitrogens is 1. The molecule has 2 aromatic rings. The number of nitrogen functional groups attached to an aromatic ring is 1. The standard InChI is InChI=1S/C14H16N4O3/c1-2-10-3-5-13(12(7-10)18(19)20)21-9-11-4-6-14(17-15)16-8-11/h3-8H,2,9,15H2,1H3,(H,16,17). The van der Waals surface area contributed by atoms with E-state index in [1.54, 1.807) is 24.4 Å². The summed E-state index contributed by atoms with van der Waals surface area (Å²) in [5.74, 6) is 6.01. The number of nitrogens with two attached hydrogens (primary N) is 1. The summed E-state index contributed by atoms with van der Waals surface area (Å²) in [6.07, 6.45) is 2.33. The number of aryl methyl sites for hydroxylation is 1. The van der Waals surface area contributed by atoms with Gasteiger partial charge < -0.3 is 10.2 Å². The first-order valence-electron chi connectivity index (χ1n) is 6.45. The minimum atomic E-state index is -0.436. The maximum atomic E-state index is 11.1. The van der Waals surface area contributed by atoms with Gasteiger partial charge in [0.2, 0.25) is 0 Å². The zero-order valence-corrected chi connectivity index (χ0v) is 11.6. The Labute approximate surface area is 121 Å². The van der Waals surface area contributed by atoms with Gasteiger partial charge in [-0.15, -0.1) is 0 Å². The number of pyridine rings is 1. The van der Waals surface area contributed by atoms with E-state index in [-0.39, 0.29) is 18.0 Å². The summed E-state index contributed by atoms with van der Waals surface area (Å²) in [6.45, 7) is 2.14. The van der Waals surface area contributed by atoms with E-state index < -0.39 is 4.92 Å². The molecule has 7 heteroatoms. The Bertz CT molecular complexity index is 629. The molecule has 0 spiro atoms. The number of rotatable bonds is 6. The van der Waals surface area contributed by atoms with Crippen LogP contribution in [-0.4, -0.2) is 9.91 Å². The topological polar surface area (TPSA) is 103 Å². The molecule has 0 aliphatic rings. The molecule has 0 atom stereocenters. The van der Waals surface area contributed by atoms with Crippen LogP contribution in [0.4, 0.5) is 11.5 Å². The Morgan fingerprint density at radius 3 is 2.67 bits per heavy atom. The third-order valence-corrected chi connectivity index (χ3v) is 3.00. The molecule has 0 saturated carbocycles. The number of ether oxygens (including phenoxy) is 1. The molecule has 110 valence electrons. The lowest BCUT2D eigenvalue weighted by Crippen LogP contribution is -2.08. The van der Waals surface area contributed by atoms with Crippen LogP contribution in [0.2, 0.25) is 0 Å². The van der Waals surface area contributed by atoms with Crippen LogP contribution >= 0.6 is 0 Å². The van der Waals surface area contributed by atoms with Gasteiger partial charge in [0, 0.05) is 17.8 Å². The smallest absolute Gasteiger partial charge is 0.311 e. The van der Waals surface area contributed by atoms with E-state index in [2.05, 4.69) is 10.4 Å². The number of nitro groups is 1. The van der Waals surface area contributed by atoms with E-state index in [9.17, 15) is 10.1 Å². The number of benzene rings is 1. The molecule has 1 heterocycles. The highest BCUT2D eigenvalue weighted by molar-refractivity contribution is 5.48. The number of nitrogens with one attached hydrogen (secondary N) is 1. The number of nitrogens with zero attached hydrogens (tertiary/aromatic N) is 2. The normalized spacial score (nSPS) is 10.2. The summed E-state index contributed by atoms with van der Waals surface area (Å²) in [4.78, 5) is 14.7. The SMILES string of the molecule is CCc1ccc(OCc2ccc(NN)nc2)c([N+](=O)[O-])c1. The van der Waals surface area contributed by atoms with Crippen molar-refractivity contribution in [3.8, 4) is 5.75 Å². The van der Waals surface area contributed by atoms with Gasteiger partial charge in [-0.2, -0.15) is 0 Å². The van der Waals surface area contributed by atoms with Crippen LogP contribution in [0.5, 0.6) is 5.75 Å². The van der Waals surface area contributed by atoms with E-state index in [0.717, 1.165) is 17.5 Å². The largest absolute Gasteiger partial charge is 0.482 e. The van der Waals surface area contributed by atoms with Gasteiger partial charge in [-0.3, -0.25) is 10.1 Å². The van der Waals surface area contributed by atoms with Gasteiger partial charge in [0.05, 0.1) is 4.92 Å². The number of nitro benzene ring substituents is 1. The van der Waals surface area contributed by atoms with Crippen molar-refractivity contribution in [2.45, 2.75) is 20.0 Å². The first-order valence-corrected chi connectivity index (χ1v) is 6.45. The number of hydrogen-bond donors (Lipinski definition) is 2. The van der Waals surface area contributed by atoms with Crippen molar-refractivity contribution in [1.82, 2.24) is 4.98 Å². The fraction of sp³-hybridized carbons (Fsp3) is 0.214. The molecule has 0 saturated heterocycles. The molecule has 2 rings (SSSR count). The molecule has 0 fully saturated rings. The third kappa shape index (κ3) is 3.67. The highest BCUT2D eigenvalue weighted by Gasteiger charge is 2.15. The van der Waals surface area contributed by atoms with Crippen LogP contribution in [0, 0.1) is 10.1 Å². The van der Waals surface area contributed by atoms with E-state index >= 15 is 0 Å². The number of anilines is 1. The van der Waals surface area contributed by atoms with Gasteiger partial charge in [-0.1, -0.05) is 19.1 Å². The monoisotopic (exact) mass is 288 g/mol. The average molecular weight is 288 g/mol. The van der Waals surface area contributed by atoms with Gasteiger partial charge in [0.15, 0.2) is 5.75 Å².